The zero-order chi connectivity index (χ0) is 17.8. The molecule has 0 spiro atoms. The molecule has 3 rings (SSSR count). The highest BCUT2D eigenvalue weighted by molar-refractivity contribution is 6.31. The molecule has 1 N–H and O–H groups in total. The lowest BCUT2D eigenvalue weighted by Crippen LogP contribution is -2.29. The molecule has 1 unspecified atom stereocenters. The Balaban J connectivity index is 1.83. The second-order valence-electron chi connectivity index (χ2n) is 5.30. The molecule has 0 aliphatic rings. The number of fused-ring (bicyclic) bond motifs is 1. The molecule has 0 radical (unpaired) electrons. The van der Waals surface area contributed by atoms with Crippen LogP contribution in [0.5, 0.6) is 0 Å². The fraction of sp³-hybridized carbons (Fsp3) is 0.111. The number of nitriles is 1. The second-order valence-corrected chi connectivity index (χ2v) is 6.09. The number of carbonyl (C=O) groups excluding carboxylic acids is 1. The third-order valence-corrected chi connectivity index (χ3v) is 4.09. The fourth-order valence-corrected chi connectivity index (χ4v) is 2.81. The van der Waals surface area contributed by atoms with Crippen molar-refractivity contribution in [2.24, 2.45) is 0 Å². The Morgan fingerprint density at radius 2 is 1.84 bits per heavy atom. The molecule has 0 fully saturated rings. The molecule has 0 saturated heterocycles. The first kappa shape index (κ1) is 17.2. The number of carbonyl (C=O) groups is 1. The van der Waals surface area contributed by atoms with E-state index in [1.807, 2.05) is 18.2 Å². The number of nitrogens with zero attached hydrogens (tertiary/aromatic N) is 3. The molecule has 0 aliphatic carbocycles. The third kappa shape index (κ3) is 3.87. The minimum atomic E-state index is -1.15. The van der Waals surface area contributed by atoms with Gasteiger partial charge in [0.2, 0.25) is 5.91 Å². The molecular weight excluding hydrogens is 359 g/mol. The molecule has 1 atom stereocenters. The van der Waals surface area contributed by atoms with Crippen molar-refractivity contribution in [1.82, 2.24) is 15.3 Å². The summed E-state index contributed by atoms with van der Waals surface area (Å²) in [5.74, 6) is -1.64. The maximum absolute atomic E-state index is 12.4. The van der Waals surface area contributed by atoms with E-state index in [-0.39, 0.29) is 17.4 Å². The van der Waals surface area contributed by atoms with E-state index in [1.165, 1.54) is 0 Å². The van der Waals surface area contributed by atoms with Crippen LogP contribution in [0.3, 0.4) is 0 Å². The SMILES string of the molecule is N#CC(C(=O)NCc1cccc(Cl)c1)c1nc2ccccc2nc1Cl. The monoisotopic (exact) mass is 370 g/mol. The van der Waals surface area contributed by atoms with Gasteiger partial charge in [0, 0.05) is 11.6 Å². The smallest absolute Gasteiger partial charge is 0.243 e. The zero-order valence-corrected chi connectivity index (χ0v) is 14.4. The van der Waals surface area contributed by atoms with Gasteiger partial charge in [-0.25, -0.2) is 9.97 Å². The molecule has 124 valence electrons. The first-order chi connectivity index (χ1) is 12.1. The summed E-state index contributed by atoms with van der Waals surface area (Å²) >= 11 is 12.1. The Morgan fingerprint density at radius 1 is 1.12 bits per heavy atom. The molecule has 1 aromatic heterocycles. The Kier molecular flexibility index (Phi) is 5.13. The summed E-state index contributed by atoms with van der Waals surface area (Å²) in [4.78, 5) is 21.0. The van der Waals surface area contributed by atoms with E-state index < -0.39 is 11.8 Å². The van der Waals surface area contributed by atoms with Crippen molar-refractivity contribution in [2.45, 2.75) is 12.5 Å². The van der Waals surface area contributed by atoms with Gasteiger partial charge >= 0.3 is 0 Å². The van der Waals surface area contributed by atoms with Crippen LogP contribution in [0, 0.1) is 11.3 Å². The number of rotatable bonds is 4. The second kappa shape index (κ2) is 7.47. The first-order valence-corrected chi connectivity index (χ1v) is 8.18. The van der Waals surface area contributed by atoms with Crippen molar-refractivity contribution in [3.63, 3.8) is 0 Å². The minimum Gasteiger partial charge on any atom is -0.351 e. The summed E-state index contributed by atoms with van der Waals surface area (Å²) in [7, 11) is 0. The number of hydrogen-bond acceptors (Lipinski definition) is 4. The third-order valence-electron chi connectivity index (χ3n) is 3.57. The number of nitrogens with one attached hydrogen (secondary N) is 1. The summed E-state index contributed by atoms with van der Waals surface area (Å²) in [6, 6.07) is 16.2. The molecular formula is C18H12Cl2N4O. The van der Waals surface area contributed by atoms with Crippen LogP contribution in [-0.2, 0) is 11.3 Å². The van der Waals surface area contributed by atoms with Crippen LogP contribution in [0.15, 0.2) is 48.5 Å². The van der Waals surface area contributed by atoms with Crippen molar-refractivity contribution in [2.75, 3.05) is 0 Å². The lowest BCUT2D eigenvalue weighted by Gasteiger charge is -2.12. The molecule has 1 amide bonds. The highest BCUT2D eigenvalue weighted by Crippen LogP contribution is 2.24. The van der Waals surface area contributed by atoms with Crippen molar-refractivity contribution in [3.05, 3.63) is 70.0 Å². The van der Waals surface area contributed by atoms with Crippen molar-refractivity contribution >= 4 is 40.1 Å². The Hall–Kier alpha value is -2.68. The molecule has 0 bridgehead atoms. The Morgan fingerprint density at radius 3 is 2.52 bits per heavy atom. The largest absolute Gasteiger partial charge is 0.351 e. The number of amides is 1. The van der Waals surface area contributed by atoms with Crippen molar-refractivity contribution in [1.29, 1.82) is 5.26 Å². The Bertz CT molecular complexity index is 984. The minimum absolute atomic E-state index is 0.0446. The van der Waals surface area contributed by atoms with Crippen LogP contribution in [0.25, 0.3) is 11.0 Å². The highest BCUT2D eigenvalue weighted by atomic mass is 35.5. The number of hydrogen-bond donors (Lipinski definition) is 1. The fourth-order valence-electron chi connectivity index (χ4n) is 2.36. The summed E-state index contributed by atoms with van der Waals surface area (Å²) < 4.78 is 0. The lowest BCUT2D eigenvalue weighted by atomic mass is 10.1. The molecule has 3 aromatic rings. The summed E-state index contributed by atoms with van der Waals surface area (Å²) in [5, 5.41) is 12.8. The summed E-state index contributed by atoms with van der Waals surface area (Å²) in [6.45, 7) is 0.246. The van der Waals surface area contributed by atoms with E-state index in [4.69, 9.17) is 23.2 Å². The topological polar surface area (TPSA) is 78.7 Å². The van der Waals surface area contributed by atoms with Gasteiger partial charge in [0.15, 0.2) is 11.1 Å². The predicted molar refractivity (Wildman–Crippen MR) is 96.2 cm³/mol. The van der Waals surface area contributed by atoms with Gasteiger partial charge in [-0.1, -0.05) is 47.5 Å². The maximum atomic E-state index is 12.4. The normalized spacial score (nSPS) is 11.7. The van der Waals surface area contributed by atoms with Crippen LogP contribution in [0.2, 0.25) is 10.2 Å². The van der Waals surface area contributed by atoms with E-state index in [9.17, 15) is 10.1 Å². The van der Waals surface area contributed by atoms with Crippen molar-refractivity contribution < 1.29 is 4.79 Å². The Labute approximate surface area is 154 Å². The van der Waals surface area contributed by atoms with E-state index in [0.29, 0.717) is 16.1 Å². The van der Waals surface area contributed by atoms with Crippen LogP contribution >= 0.6 is 23.2 Å². The van der Waals surface area contributed by atoms with E-state index in [2.05, 4.69) is 15.3 Å². The molecule has 0 saturated carbocycles. The van der Waals surface area contributed by atoms with Gasteiger partial charge in [0.05, 0.1) is 17.1 Å². The zero-order valence-electron chi connectivity index (χ0n) is 12.9. The average molecular weight is 371 g/mol. The van der Waals surface area contributed by atoms with E-state index in [0.717, 1.165) is 5.56 Å². The molecule has 7 heteroatoms. The van der Waals surface area contributed by atoms with Gasteiger partial charge in [-0.3, -0.25) is 4.79 Å². The molecule has 25 heavy (non-hydrogen) atoms. The van der Waals surface area contributed by atoms with Gasteiger partial charge < -0.3 is 5.32 Å². The van der Waals surface area contributed by atoms with Gasteiger partial charge in [-0.15, -0.1) is 0 Å². The molecule has 5 nitrogen and oxygen atoms in total. The predicted octanol–water partition coefficient (Wildman–Crippen LogP) is 3.86. The quantitative estimate of drug-likeness (QED) is 0.755. The van der Waals surface area contributed by atoms with Crippen LogP contribution in [-0.4, -0.2) is 15.9 Å². The summed E-state index contributed by atoms with van der Waals surface area (Å²) in [5.41, 5.74) is 2.15. The van der Waals surface area contributed by atoms with Crippen LogP contribution < -0.4 is 5.32 Å². The summed E-state index contributed by atoms with van der Waals surface area (Å²) in [6.07, 6.45) is 0. The van der Waals surface area contributed by atoms with Crippen molar-refractivity contribution in [3.8, 4) is 6.07 Å². The van der Waals surface area contributed by atoms with Gasteiger partial charge in [0.25, 0.3) is 0 Å². The average Bonchev–Trinajstić information content (AvgIpc) is 2.61. The van der Waals surface area contributed by atoms with Crippen LogP contribution in [0.1, 0.15) is 17.2 Å². The molecule has 2 aromatic carbocycles. The highest BCUT2D eigenvalue weighted by Gasteiger charge is 2.25. The van der Waals surface area contributed by atoms with E-state index >= 15 is 0 Å². The lowest BCUT2D eigenvalue weighted by molar-refractivity contribution is -0.121. The molecule has 0 aliphatic heterocycles. The maximum Gasteiger partial charge on any atom is 0.243 e. The van der Waals surface area contributed by atoms with E-state index in [1.54, 1.807) is 36.4 Å². The first-order valence-electron chi connectivity index (χ1n) is 7.42. The number of aromatic nitrogens is 2. The molecule has 1 heterocycles. The standard InChI is InChI=1S/C18H12Cl2N4O/c19-12-5-3-4-11(8-12)10-22-18(25)13(9-21)16-17(20)24-15-7-2-1-6-14(15)23-16/h1-8,13H,10H2,(H,22,25). The number of para-hydroxylation sites is 2. The number of halogens is 2. The number of benzene rings is 2. The van der Waals surface area contributed by atoms with Gasteiger partial charge in [-0.2, -0.15) is 5.26 Å². The van der Waals surface area contributed by atoms with Gasteiger partial charge in [-0.05, 0) is 29.8 Å². The van der Waals surface area contributed by atoms with Crippen LogP contribution in [0.4, 0.5) is 0 Å². The van der Waals surface area contributed by atoms with Gasteiger partial charge in [0.1, 0.15) is 5.69 Å².